The molecule has 0 atom stereocenters. The second-order valence-corrected chi connectivity index (χ2v) is 2.79. The molecular weight excluding hydrogens is 176 g/mol. The normalized spacial score (nSPS) is 9.58. The van der Waals surface area contributed by atoms with Crippen LogP contribution in [0.3, 0.4) is 0 Å². The Labute approximate surface area is 75.8 Å². The van der Waals surface area contributed by atoms with E-state index >= 15 is 0 Å². The maximum atomic E-state index is 11.1. The predicted molar refractivity (Wildman–Crippen MR) is 47.4 cm³/mol. The third-order valence-electron chi connectivity index (χ3n) is 1.46. The zero-order valence-electron chi connectivity index (χ0n) is 6.89. The van der Waals surface area contributed by atoms with E-state index in [1.165, 1.54) is 6.20 Å². The first kappa shape index (κ1) is 9.00. The van der Waals surface area contributed by atoms with E-state index < -0.39 is 0 Å². The second kappa shape index (κ2) is 3.54. The summed E-state index contributed by atoms with van der Waals surface area (Å²) in [4.78, 5) is 15.1. The summed E-state index contributed by atoms with van der Waals surface area (Å²) in [6.45, 7) is 1.82. The molecule has 0 aromatic carbocycles. The number of hydrogen-bond donors (Lipinski definition) is 1. The maximum Gasteiger partial charge on any atom is 0.254 e. The van der Waals surface area contributed by atoms with Gasteiger partial charge < -0.3 is 5.32 Å². The van der Waals surface area contributed by atoms with Crippen LogP contribution in [0.25, 0.3) is 0 Å². The Morgan fingerprint density at radius 3 is 2.83 bits per heavy atom. The summed E-state index contributed by atoms with van der Waals surface area (Å²) in [5.74, 6) is -0.215. The molecule has 1 amide bonds. The fourth-order valence-electron chi connectivity index (χ4n) is 0.828. The summed E-state index contributed by atoms with van der Waals surface area (Å²) < 4.78 is 0. The van der Waals surface area contributed by atoms with Crippen LogP contribution in [0, 0.1) is 6.92 Å². The Balaban J connectivity index is 3.09. The van der Waals surface area contributed by atoms with E-state index in [0.717, 1.165) is 5.69 Å². The fourth-order valence-corrected chi connectivity index (χ4v) is 1.12. The summed E-state index contributed by atoms with van der Waals surface area (Å²) in [5, 5.41) is 2.91. The smallest absolute Gasteiger partial charge is 0.254 e. The van der Waals surface area contributed by atoms with Crippen molar-refractivity contribution in [2.75, 3.05) is 7.05 Å². The number of nitrogens with zero attached hydrogens (tertiary/aromatic N) is 1. The molecule has 1 heterocycles. The van der Waals surface area contributed by atoms with Crippen molar-refractivity contribution < 1.29 is 4.79 Å². The van der Waals surface area contributed by atoms with Gasteiger partial charge in [-0.3, -0.25) is 9.78 Å². The molecule has 1 aromatic heterocycles. The molecule has 1 rings (SSSR count). The lowest BCUT2D eigenvalue weighted by Crippen LogP contribution is -2.18. The van der Waals surface area contributed by atoms with Crippen molar-refractivity contribution in [3.8, 4) is 0 Å². The second-order valence-electron chi connectivity index (χ2n) is 2.38. The number of aromatic nitrogens is 1. The highest BCUT2D eigenvalue weighted by atomic mass is 35.5. The average molecular weight is 185 g/mol. The quantitative estimate of drug-likeness (QED) is 0.717. The van der Waals surface area contributed by atoms with E-state index in [9.17, 15) is 4.79 Å². The number of carbonyl (C=O) groups is 1. The molecule has 0 radical (unpaired) electrons. The topological polar surface area (TPSA) is 42.0 Å². The Morgan fingerprint density at radius 1 is 1.67 bits per heavy atom. The molecule has 64 valence electrons. The molecule has 0 aliphatic heterocycles. The lowest BCUT2D eigenvalue weighted by molar-refractivity contribution is 0.0963. The zero-order chi connectivity index (χ0) is 9.14. The number of nitrogens with one attached hydrogen (secondary N) is 1. The number of rotatable bonds is 1. The molecule has 0 saturated heterocycles. The zero-order valence-corrected chi connectivity index (χ0v) is 7.64. The molecule has 0 spiro atoms. The van der Waals surface area contributed by atoms with Crippen molar-refractivity contribution in [2.24, 2.45) is 0 Å². The standard InChI is InChI=1S/C8H9ClN2O/c1-5-3-7(9)6(4-11-5)8(12)10-2/h3-4H,1-2H3,(H,10,12). The number of pyridine rings is 1. The van der Waals surface area contributed by atoms with E-state index in [4.69, 9.17) is 11.6 Å². The lowest BCUT2D eigenvalue weighted by atomic mass is 10.2. The molecule has 12 heavy (non-hydrogen) atoms. The van der Waals surface area contributed by atoms with Gasteiger partial charge in [0.2, 0.25) is 0 Å². The van der Waals surface area contributed by atoms with Crippen LogP contribution in [0.4, 0.5) is 0 Å². The van der Waals surface area contributed by atoms with Gasteiger partial charge in [0.05, 0.1) is 10.6 Å². The van der Waals surface area contributed by atoms with Crippen LogP contribution in [0.5, 0.6) is 0 Å². The third kappa shape index (κ3) is 1.74. The molecule has 3 nitrogen and oxygen atoms in total. The van der Waals surface area contributed by atoms with Gasteiger partial charge in [-0.15, -0.1) is 0 Å². The molecule has 1 aromatic rings. The first-order chi connectivity index (χ1) is 5.65. The first-order valence-corrected chi connectivity index (χ1v) is 3.87. The minimum Gasteiger partial charge on any atom is -0.355 e. The van der Waals surface area contributed by atoms with Gasteiger partial charge in [0.15, 0.2) is 0 Å². The van der Waals surface area contributed by atoms with Gasteiger partial charge in [-0.25, -0.2) is 0 Å². The molecule has 0 bridgehead atoms. The van der Waals surface area contributed by atoms with Gasteiger partial charge in [-0.1, -0.05) is 11.6 Å². The molecule has 0 unspecified atom stereocenters. The number of amides is 1. The number of halogens is 1. The van der Waals surface area contributed by atoms with Gasteiger partial charge in [-0.05, 0) is 13.0 Å². The van der Waals surface area contributed by atoms with Gasteiger partial charge in [0.1, 0.15) is 0 Å². The summed E-state index contributed by atoms with van der Waals surface area (Å²) in [6, 6.07) is 1.66. The van der Waals surface area contributed by atoms with E-state index in [-0.39, 0.29) is 5.91 Å². The van der Waals surface area contributed by atoms with Crippen molar-refractivity contribution in [3.63, 3.8) is 0 Å². The van der Waals surface area contributed by atoms with Crippen molar-refractivity contribution in [2.45, 2.75) is 6.92 Å². The van der Waals surface area contributed by atoms with Crippen LogP contribution in [-0.4, -0.2) is 17.9 Å². The highest BCUT2D eigenvalue weighted by Gasteiger charge is 2.08. The Bertz CT molecular complexity index is 312. The van der Waals surface area contributed by atoms with E-state index in [1.807, 2.05) is 6.92 Å². The van der Waals surface area contributed by atoms with Crippen molar-refractivity contribution in [1.82, 2.24) is 10.3 Å². The molecular formula is C8H9ClN2O. The molecule has 0 aliphatic carbocycles. The van der Waals surface area contributed by atoms with Gasteiger partial charge in [0.25, 0.3) is 5.91 Å². The number of aryl methyl sites for hydroxylation is 1. The molecule has 1 N–H and O–H groups in total. The largest absolute Gasteiger partial charge is 0.355 e. The minimum absolute atomic E-state index is 0.215. The van der Waals surface area contributed by atoms with Crippen LogP contribution < -0.4 is 5.32 Å². The monoisotopic (exact) mass is 184 g/mol. The summed E-state index contributed by atoms with van der Waals surface area (Å²) >= 11 is 5.80. The van der Waals surface area contributed by atoms with E-state index in [2.05, 4.69) is 10.3 Å². The highest BCUT2D eigenvalue weighted by Crippen LogP contribution is 2.14. The van der Waals surface area contributed by atoms with Gasteiger partial charge in [0, 0.05) is 18.9 Å². The van der Waals surface area contributed by atoms with E-state index in [1.54, 1.807) is 13.1 Å². The fraction of sp³-hybridized carbons (Fsp3) is 0.250. The number of carbonyl (C=O) groups excluding carboxylic acids is 1. The first-order valence-electron chi connectivity index (χ1n) is 3.49. The van der Waals surface area contributed by atoms with Gasteiger partial charge >= 0.3 is 0 Å². The predicted octanol–water partition coefficient (Wildman–Crippen LogP) is 1.40. The molecule has 4 heteroatoms. The Morgan fingerprint density at radius 2 is 2.33 bits per heavy atom. The third-order valence-corrected chi connectivity index (χ3v) is 1.77. The Hall–Kier alpha value is -1.09. The maximum absolute atomic E-state index is 11.1. The van der Waals surface area contributed by atoms with Crippen LogP contribution in [0.2, 0.25) is 5.02 Å². The summed E-state index contributed by atoms with van der Waals surface area (Å²) in [7, 11) is 1.55. The van der Waals surface area contributed by atoms with Crippen molar-refractivity contribution >= 4 is 17.5 Å². The average Bonchev–Trinajstić information content (AvgIpc) is 2.03. The van der Waals surface area contributed by atoms with Crippen LogP contribution in [-0.2, 0) is 0 Å². The summed E-state index contributed by atoms with van der Waals surface area (Å²) in [5.41, 5.74) is 1.21. The summed E-state index contributed by atoms with van der Waals surface area (Å²) in [6.07, 6.45) is 1.47. The molecule has 0 saturated carbocycles. The minimum atomic E-state index is -0.215. The van der Waals surface area contributed by atoms with Crippen LogP contribution in [0.1, 0.15) is 16.1 Å². The SMILES string of the molecule is CNC(=O)c1cnc(C)cc1Cl. The van der Waals surface area contributed by atoms with Crippen LogP contribution >= 0.6 is 11.6 Å². The number of hydrogen-bond acceptors (Lipinski definition) is 2. The van der Waals surface area contributed by atoms with Crippen molar-refractivity contribution in [1.29, 1.82) is 0 Å². The van der Waals surface area contributed by atoms with E-state index in [0.29, 0.717) is 10.6 Å². The van der Waals surface area contributed by atoms with Gasteiger partial charge in [-0.2, -0.15) is 0 Å². The molecule has 0 fully saturated rings. The van der Waals surface area contributed by atoms with Crippen molar-refractivity contribution in [3.05, 3.63) is 28.5 Å². The van der Waals surface area contributed by atoms with Crippen LogP contribution in [0.15, 0.2) is 12.3 Å². The lowest BCUT2D eigenvalue weighted by Gasteiger charge is -2.01. The molecule has 0 aliphatic rings. The highest BCUT2D eigenvalue weighted by molar-refractivity contribution is 6.33. The Kier molecular flexibility index (Phi) is 2.65.